The van der Waals surface area contributed by atoms with Gasteiger partial charge in [0.2, 0.25) is 0 Å². The number of nitrogens with one attached hydrogen (secondary N) is 1. The number of rotatable bonds is 0. The van der Waals surface area contributed by atoms with E-state index in [2.05, 4.69) is 5.32 Å². The molecule has 0 amide bonds. The highest BCUT2D eigenvalue weighted by Gasteiger charge is 2.45. The fourth-order valence-electron chi connectivity index (χ4n) is 1.34. The molecule has 2 atom stereocenters. The van der Waals surface area contributed by atoms with Crippen molar-refractivity contribution in [3.8, 4) is 0 Å². The van der Waals surface area contributed by atoms with E-state index in [1.165, 1.54) is 0 Å². The molecule has 1 fully saturated rings. The minimum atomic E-state index is -4.27. The SMILES string of the molecule is CC(C)(C)C1CNCC(C(F)(F)F)O1. The van der Waals surface area contributed by atoms with E-state index in [1.807, 2.05) is 20.8 Å². The molecule has 5 heteroatoms. The molecule has 0 spiro atoms. The lowest BCUT2D eigenvalue weighted by Gasteiger charge is -2.38. The van der Waals surface area contributed by atoms with Crippen molar-refractivity contribution in [1.29, 1.82) is 0 Å². The van der Waals surface area contributed by atoms with Gasteiger partial charge in [-0.2, -0.15) is 13.2 Å². The number of hydrogen-bond donors (Lipinski definition) is 1. The van der Waals surface area contributed by atoms with Crippen LogP contribution in [0.1, 0.15) is 20.8 Å². The van der Waals surface area contributed by atoms with Gasteiger partial charge in [-0.05, 0) is 5.41 Å². The molecule has 0 saturated carbocycles. The second-order valence-corrected chi connectivity index (χ2v) is 4.68. The first-order valence-corrected chi connectivity index (χ1v) is 4.64. The van der Waals surface area contributed by atoms with E-state index in [-0.39, 0.29) is 18.1 Å². The first-order chi connectivity index (χ1) is 6.21. The van der Waals surface area contributed by atoms with Gasteiger partial charge >= 0.3 is 6.18 Å². The van der Waals surface area contributed by atoms with Crippen LogP contribution >= 0.6 is 0 Å². The molecule has 2 nitrogen and oxygen atoms in total. The first kappa shape index (κ1) is 11.8. The van der Waals surface area contributed by atoms with Gasteiger partial charge in [0.15, 0.2) is 6.10 Å². The Morgan fingerprint density at radius 3 is 2.00 bits per heavy atom. The van der Waals surface area contributed by atoms with Gasteiger partial charge in [0.1, 0.15) is 0 Å². The van der Waals surface area contributed by atoms with Crippen molar-refractivity contribution in [3.05, 3.63) is 0 Å². The third-order valence-electron chi connectivity index (χ3n) is 2.32. The Morgan fingerprint density at radius 2 is 1.57 bits per heavy atom. The van der Waals surface area contributed by atoms with E-state index in [9.17, 15) is 13.2 Å². The van der Waals surface area contributed by atoms with Crippen LogP contribution in [0.5, 0.6) is 0 Å². The number of alkyl halides is 3. The molecule has 84 valence electrons. The molecular formula is C9H16F3NO. The molecule has 0 bridgehead atoms. The topological polar surface area (TPSA) is 21.3 Å². The summed E-state index contributed by atoms with van der Waals surface area (Å²) in [5.74, 6) is 0. The molecule has 0 aromatic heterocycles. The molecule has 1 rings (SSSR count). The van der Waals surface area contributed by atoms with Crippen molar-refractivity contribution in [2.24, 2.45) is 5.41 Å². The predicted molar refractivity (Wildman–Crippen MR) is 47.0 cm³/mol. The van der Waals surface area contributed by atoms with Crippen LogP contribution in [0, 0.1) is 5.41 Å². The summed E-state index contributed by atoms with van der Waals surface area (Å²) < 4.78 is 42.0. The normalized spacial score (nSPS) is 30.4. The highest BCUT2D eigenvalue weighted by molar-refractivity contribution is 4.85. The van der Waals surface area contributed by atoms with Crippen LogP contribution in [0.25, 0.3) is 0 Å². The molecule has 1 aliphatic heterocycles. The molecular weight excluding hydrogens is 195 g/mol. The average Bonchev–Trinajstić information content (AvgIpc) is 2.01. The van der Waals surface area contributed by atoms with Crippen molar-refractivity contribution >= 4 is 0 Å². The van der Waals surface area contributed by atoms with Crippen molar-refractivity contribution in [2.75, 3.05) is 13.1 Å². The molecule has 1 heterocycles. The fourth-order valence-corrected chi connectivity index (χ4v) is 1.34. The summed E-state index contributed by atoms with van der Waals surface area (Å²) in [6.45, 7) is 5.96. The molecule has 0 radical (unpaired) electrons. The Kier molecular flexibility index (Phi) is 3.11. The van der Waals surface area contributed by atoms with E-state index in [0.29, 0.717) is 6.54 Å². The Morgan fingerprint density at radius 1 is 1.07 bits per heavy atom. The summed E-state index contributed by atoms with van der Waals surface area (Å²) in [5, 5.41) is 2.75. The summed E-state index contributed by atoms with van der Waals surface area (Å²) >= 11 is 0. The lowest BCUT2D eigenvalue weighted by molar-refractivity contribution is -0.249. The zero-order valence-electron chi connectivity index (χ0n) is 8.61. The van der Waals surface area contributed by atoms with Crippen molar-refractivity contribution in [2.45, 2.75) is 39.2 Å². The number of halogens is 3. The summed E-state index contributed by atoms with van der Waals surface area (Å²) in [5.41, 5.74) is -0.267. The summed E-state index contributed by atoms with van der Waals surface area (Å²) in [6.07, 6.45) is -6.32. The van der Waals surface area contributed by atoms with E-state index < -0.39 is 12.3 Å². The second-order valence-electron chi connectivity index (χ2n) is 4.68. The van der Waals surface area contributed by atoms with Gasteiger partial charge in [-0.1, -0.05) is 20.8 Å². The summed E-state index contributed by atoms with van der Waals surface area (Å²) in [7, 11) is 0. The minimum absolute atomic E-state index is 0.143. The van der Waals surface area contributed by atoms with E-state index in [1.54, 1.807) is 0 Å². The van der Waals surface area contributed by atoms with Crippen LogP contribution in [-0.4, -0.2) is 31.5 Å². The van der Waals surface area contributed by atoms with Gasteiger partial charge < -0.3 is 10.1 Å². The monoisotopic (exact) mass is 211 g/mol. The molecule has 2 unspecified atom stereocenters. The molecule has 1 saturated heterocycles. The highest BCUT2D eigenvalue weighted by Crippen LogP contribution is 2.30. The van der Waals surface area contributed by atoms with Crippen molar-refractivity contribution in [3.63, 3.8) is 0 Å². The standard InChI is InChI=1S/C9H16F3NO/c1-8(2,3)6-4-13-5-7(14-6)9(10,11)12/h6-7,13H,4-5H2,1-3H3. The van der Waals surface area contributed by atoms with Gasteiger partial charge in [0.05, 0.1) is 6.10 Å². The molecule has 0 aliphatic carbocycles. The van der Waals surface area contributed by atoms with Crippen molar-refractivity contribution in [1.82, 2.24) is 5.32 Å². The number of morpholine rings is 1. The maximum atomic E-state index is 12.3. The largest absolute Gasteiger partial charge is 0.415 e. The zero-order chi connectivity index (χ0) is 11.0. The van der Waals surface area contributed by atoms with Crippen LogP contribution in [0.15, 0.2) is 0 Å². The second kappa shape index (κ2) is 3.70. The lowest BCUT2D eigenvalue weighted by Crippen LogP contribution is -2.54. The lowest BCUT2D eigenvalue weighted by atomic mass is 9.88. The highest BCUT2D eigenvalue weighted by atomic mass is 19.4. The number of ether oxygens (including phenoxy) is 1. The predicted octanol–water partition coefficient (Wildman–Crippen LogP) is 1.95. The van der Waals surface area contributed by atoms with Gasteiger partial charge in [0, 0.05) is 13.1 Å². The van der Waals surface area contributed by atoms with Gasteiger partial charge in [0.25, 0.3) is 0 Å². The average molecular weight is 211 g/mol. The van der Waals surface area contributed by atoms with E-state index >= 15 is 0 Å². The van der Waals surface area contributed by atoms with Crippen LogP contribution in [0.3, 0.4) is 0 Å². The minimum Gasteiger partial charge on any atom is -0.362 e. The number of hydrogen-bond acceptors (Lipinski definition) is 2. The van der Waals surface area contributed by atoms with E-state index in [4.69, 9.17) is 4.74 Å². The maximum absolute atomic E-state index is 12.3. The Bertz CT molecular complexity index is 177. The van der Waals surface area contributed by atoms with Crippen LogP contribution in [-0.2, 0) is 4.74 Å². The van der Waals surface area contributed by atoms with Gasteiger partial charge in [-0.3, -0.25) is 0 Å². The van der Waals surface area contributed by atoms with Gasteiger partial charge in [-0.15, -0.1) is 0 Å². The molecule has 0 aromatic rings. The molecule has 1 aliphatic rings. The molecule has 14 heavy (non-hydrogen) atoms. The smallest absolute Gasteiger partial charge is 0.362 e. The van der Waals surface area contributed by atoms with Crippen LogP contribution in [0.2, 0.25) is 0 Å². The third-order valence-corrected chi connectivity index (χ3v) is 2.32. The van der Waals surface area contributed by atoms with E-state index in [0.717, 1.165) is 0 Å². The Hall–Kier alpha value is -0.290. The van der Waals surface area contributed by atoms with Gasteiger partial charge in [-0.25, -0.2) is 0 Å². The Labute approximate surface area is 81.8 Å². The summed E-state index contributed by atoms with van der Waals surface area (Å²) in [4.78, 5) is 0. The summed E-state index contributed by atoms with van der Waals surface area (Å²) in [6, 6.07) is 0. The van der Waals surface area contributed by atoms with Crippen molar-refractivity contribution < 1.29 is 17.9 Å². The fraction of sp³-hybridized carbons (Fsp3) is 1.00. The maximum Gasteiger partial charge on any atom is 0.415 e. The Balaban J connectivity index is 2.61. The van der Waals surface area contributed by atoms with Crippen LogP contribution in [0.4, 0.5) is 13.2 Å². The first-order valence-electron chi connectivity index (χ1n) is 4.64. The third kappa shape index (κ3) is 2.85. The quantitative estimate of drug-likeness (QED) is 0.661. The molecule has 0 aromatic carbocycles. The zero-order valence-corrected chi connectivity index (χ0v) is 8.61. The molecule has 1 N–H and O–H groups in total. The van der Waals surface area contributed by atoms with Crippen LogP contribution < -0.4 is 5.32 Å².